The predicted octanol–water partition coefficient (Wildman–Crippen LogP) is 3.10. The number of amides is 1. The largest absolute Gasteiger partial charge is 0.573 e. The number of hydrogen-bond donors (Lipinski definition) is 0. The zero-order valence-corrected chi connectivity index (χ0v) is 17.8. The Morgan fingerprint density at radius 1 is 1.06 bits per heavy atom. The fraction of sp³-hybridized carbons (Fsp3) is 0.300. The van der Waals surface area contributed by atoms with E-state index in [0.29, 0.717) is 0 Å². The summed E-state index contributed by atoms with van der Waals surface area (Å²) in [6, 6.07) is 6.31. The Labute approximate surface area is 185 Å². The van der Waals surface area contributed by atoms with Gasteiger partial charge in [0.1, 0.15) is 11.8 Å². The van der Waals surface area contributed by atoms with E-state index in [1.54, 1.807) is 0 Å². The van der Waals surface area contributed by atoms with Crippen molar-refractivity contribution in [3.05, 3.63) is 53.1 Å². The highest BCUT2D eigenvalue weighted by molar-refractivity contribution is 7.90. The molecule has 2 aromatic rings. The first kappa shape index (κ1) is 24.2. The average Bonchev–Trinajstić information content (AvgIpc) is 2.74. The van der Waals surface area contributed by atoms with E-state index in [4.69, 9.17) is 5.26 Å². The van der Waals surface area contributed by atoms with Gasteiger partial charge in [-0.25, -0.2) is 17.2 Å². The summed E-state index contributed by atoms with van der Waals surface area (Å²) in [5.74, 6) is -4.30. The topological polar surface area (TPSA) is 90.7 Å². The van der Waals surface area contributed by atoms with Gasteiger partial charge in [-0.1, -0.05) is 0 Å². The fourth-order valence-corrected chi connectivity index (χ4v) is 3.96. The molecule has 0 spiro atoms. The normalized spacial score (nSPS) is 14.7. The van der Waals surface area contributed by atoms with Crippen LogP contribution in [0, 0.1) is 23.0 Å². The molecule has 33 heavy (non-hydrogen) atoms. The van der Waals surface area contributed by atoms with Gasteiger partial charge in [0, 0.05) is 32.4 Å². The molecule has 3 rings (SSSR count). The summed E-state index contributed by atoms with van der Waals surface area (Å²) in [6.45, 7) is -0.132. The van der Waals surface area contributed by atoms with Crippen molar-refractivity contribution in [2.24, 2.45) is 0 Å². The number of halogens is 5. The Morgan fingerprint density at radius 3 is 2.24 bits per heavy atom. The SMILES string of the molecule is CS(=O)(=O)c1ccc(OC(F)(F)F)c(C(=O)N2CCN(c3ccc(C#N)c(F)c3F)CC2)c1. The summed E-state index contributed by atoms with van der Waals surface area (Å²) in [6.07, 6.45) is -4.28. The van der Waals surface area contributed by atoms with E-state index in [-0.39, 0.29) is 36.8 Å². The van der Waals surface area contributed by atoms with Gasteiger partial charge < -0.3 is 14.5 Å². The Balaban J connectivity index is 1.84. The van der Waals surface area contributed by atoms with Gasteiger partial charge in [-0.3, -0.25) is 4.79 Å². The van der Waals surface area contributed by atoms with Crippen LogP contribution in [0.3, 0.4) is 0 Å². The van der Waals surface area contributed by atoms with Gasteiger partial charge in [0.05, 0.1) is 21.7 Å². The van der Waals surface area contributed by atoms with Crippen LogP contribution in [0.2, 0.25) is 0 Å². The minimum atomic E-state index is -5.11. The molecule has 1 aliphatic heterocycles. The number of benzene rings is 2. The molecule has 0 unspecified atom stereocenters. The van der Waals surface area contributed by atoms with Gasteiger partial charge in [-0.05, 0) is 30.3 Å². The maximum absolute atomic E-state index is 14.3. The second-order valence-corrected chi connectivity index (χ2v) is 9.14. The van der Waals surface area contributed by atoms with E-state index < -0.39 is 50.6 Å². The third-order valence-electron chi connectivity index (χ3n) is 4.93. The summed E-state index contributed by atoms with van der Waals surface area (Å²) in [5.41, 5.74) is -1.19. The highest BCUT2D eigenvalue weighted by atomic mass is 32.2. The van der Waals surface area contributed by atoms with E-state index in [9.17, 15) is 35.2 Å². The third-order valence-corrected chi connectivity index (χ3v) is 6.04. The van der Waals surface area contributed by atoms with E-state index >= 15 is 0 Å². The molecular formula is C20H16F5N3O4S. The first-order valence-electron chi connectivity index (χ1n) is 9.34. The highest BCUT2D eigenvalue weighted by Gasteiger charge is 2.35. The lowest BCUT2D eigenvalue weighted by molar-refractivity contribution is -0.274. The number of nitrogens with zero attached hydrogens (tertiary/aromatic N) is 3. The lowest BCUT2D eigenvalue weighted by Gasteiger charge is -2.36. The Hall–Kier alpha value is -3.40. The molecule has 1 heterocycles. The van der Waals surface area contributed by atoms with Gasteiger partial charge in [-0.15, -0.1) is 13.2 Å². The predicted molar refractivity (Wildman–Crippen MR) is 105 cm³/mol. The molecule has 0 N–H and O–H groups in total. The van der Waals surface area contributed by atoms with E-state index in [1.165, 1.54) is 17.0 Å². The summed E-state index contributed by atoms with van der Waals surface area (Å²) >= 11 is 0. The Kier molecular flexibility index (Phi) is 6.51. The molecule has 0 aliphatic carbocycles. The monoisotopic (exact) mass is 489 g/mol. The van der Waals surface area contributed by atoms with Crippen LogP contribution in [0.1, 0.15) is 15.9 Å². The maximum Gasteiger partial charge on any atom is 0.573 e. The van der Waals surface area contributed by atoms with Gasteiger partial charge in [0.15, 0.2) is 21.5 Å². The van der Waals surface area contributed by atoms with Gasteiger partial charge in [0.2, 0.25) is 0 Å². The number of carbonyl (C=O) groups is 1. The number of ether oxygens (including phenoxy) is 1. The van der Waals surface area contributed by atoms with Crippen LogP contribution in [0.25, 0.3) is 0 Å². The zero-order chi connectivity index (χ0) is 24.6. The zero-order valence-electron chi connectivity index (χ0n) is 17.0. The summed E-state index contributed by atoms with van der Waals surface area (Å²) < 4.78 is 94.0. The number of hydrogen-bond acceptors (Lipinski definition) is 6. The molecule has 13 heteroatoms. The maximum atomic E-state index is 14.3. The van der Waals surface area contributed by atoms with Crippen LogP contribution in [-0.2, 0) is 9.84 Å². The van der Waals surface area contributed by atoms with Crippen LogP contribution in [-0.4, -0.2) is 58.0 Å². The Morgan fingerprint density at radius 2 is 1.70 bits per heavy atom. The van der Waals surface area contributed by atoms with E-state index in [0.717, 1.165) is 35.4 Å². The van der Waals surface area contributed by atoms with Crippen molar-refractivity contribution >= 4 is 21.4 Å². The Bertz CT molecular complexity index is 1230. The van der Waals surface area contributed by atoms with Crippen molar-refractivity contribution in [3.63, 3.8) is 0 Å². The first-order valence-corrected chi connectivity index (χ1v) is 11.2. The van der Waals surface area contributed by atoms with Gasteiger partial charge in [-0.2, -0.15) is 5.26 Å². The molecular weight excluding hydrogens is 473 g/mol. The van der Waals surface area contributed by atoms with E-state index in [2.05, 4.69) is 4.74 Å². The van der Waals surface area contributed by atoms with E-state index in [1.807, 2.05) is 0 Å². The van der Waals surface area contributed by atoms with Crippen LogP contribution in [0.4, 0.5) is 27.6 Å². The van der Waals surface area contributed by atoms with Crippen LogP contribution < -0.4 is 9.64 Å². The lowest BCUT2D eigenvalue weighted by Crippen LogP contribution is -2.49. The molecule has 2 aromatic carbocycles. The number of sulfone groups is 1. The number of carbonyl (C=O) groups excluding carboxylic acids is 1. The van der Waals surface area contributed by atoms with Gasteiger partial charge >= 0.3 is 6.36 Å². The number of nitriles is 1. The molecule has 0 radical (unpaired) electrons. The van der Waals surface area contributed by atoms with Gasteiger partial charge in [0.25, 0.3) is 5.91 Å². The minimum absolute atomic E-state index is 0.00916. The number of alkyl halides is 3. The van der Waals surface area contributed by atoms with Crippen LogP contribution in [0.15, 0.2) is 35.2 Å². The van der Waals surface area contributed by atoms with Crippen LogP contribution in [0.5, 0.6) is 5.75 Å². The van der Waals surface area contributed by atoms with Crippen molar-refractivity contribution in [2.45, 2.75) is 11.3 Å². The summed E-state index contributed by atoms with van der Waals surface area (Å²) in [7, 11) is -3.83. The molecule has 0 atom stereocenters. The molecule has 1 saturated heterocycles. The molecule has 1 aliphatic rings. The van der Waals surface area contributed by atoms with Crippen molar-refractivity contribution in [1.82, 2.24) is 4.90 Å². The fourth-order valence-electron chi connectivity index (χ4n) is 3.31. The second kappa shape index (κ2) is 8.86. The van der Waals surface area contributed by atoms with Crippen LogP contribution >= 0.6 is 0 Å². The van der Waals surface area contributed by atoms with Crippen molar-refractivity contribution < 1.29 is 39.9 Å². The molecule has 7 nitrogen and oxygen atoms in total. The quantitative estimate of drug-likeness (QED) is 0.614. The molecule has 0 bridgehead atoms. The average molecular weight is 489 g/mol. The molecule has 1 fully saturated rings. The van der Waals surface area contributed by atoms with Crippen molar-refractivity contribution in [2.75, 3.05) is 37.3 Å². The standard InChI is InChI=1S/C20H16F5N3O4S/c1-33(30,31)13-3-5-16(32-20(23,24)25)14(10-13)19(29)28-8-6-27(7-9-28)15-4-2-12(11-26)17(21)18(15)22/h2-5,10H,6-9H2,1H3. The lowest BCUT2D eigenvalue weighted by atomic mass is 10.1. The minimum Gasteiger partial charge on any atom is -0.405 e. The molecule has 0 aromatic heterocycles. The summed E-state index contributed by atoms with van der Waals surface area (Å²) in [4.78, 5) is 15.1. The molecule has 0 saturated carbocycles. The first-order chi connectivity index (χ1) is 15.3. The summed E-state index contributed by atoms with van der Waals surface area (Å²) in [5, 5.41) is 8.78. The second-order valence-electron chi connectivity index (χ2n) is 7.13. The number of piperazine rings is 1. The number of rotatable bonds is 4. The molecule has 176 valence electrons. The highest BCUT2D eigenvalue weighted by Crippen LogP contribution is 2.31. The smallest absolute Gasteiger partial charge is 0.405 e. The van der Waals surface area contributed by atoms with Crippen molar-refractivity contribution in [1.29, 1.82) is 5.26 Å². The third kappa shape index (κ3) is 5.33. The molecule has 1 amide bonds. The number of anilines is 1. The van der Waals surface area contributed by atoms with Crippen molar-refractivity contribution in [3.8, 4) is 11.8 Å².